The van der Waals surface area contributed by atoms with Gasteiger partial charge in [-0.2, -0.15) is 0 Å². The van der Waals surface area contributed by atoms with Crippen molar-refractivity contribution in [2.75, 3.05) is 13.1 Å². The van der Waals surface area contributed by atoms with Gasteiger partial charge in [-0.15, -0.1) is 0 Å². The molecule has 31 heavy (non-hydrogen) atoms. The van der Waals surface area contributed by atoms with Crippen LogP contribution in [-0.2, 0) is 19.5 Å². The van der Waals surface area contributed by atoms with Gasteiger partial charge in [-0.1, -0.05) is 18.2 Å². The van der Waals surface area contributed by atoms with Crippen molar-refractivity contribution in [3.8, 4) is 11.5 Å². The quantitative estimate of drug-likeness (QED) is 0.631. The summed E-state index contributed by atoms with van der Waals surface area (Å²) in [6.07, 6.45) is 0.538. The molecular weight excluding hydrogens is 416 g/mol. The van der Waals surface area contributed by atoms with Crippen LogP contribution >= 0.6 is 0 Å². The summed E-state index contributed by atoms with van der Waals surface area (Å²) in [5.41, 5.74) is 1.85. The van der Waals surface area contributed by atoms with Crippen LogP contribution in [0.2, 0.25) is 0 Å². The molecule has 1 aliphatic rings. The maximum atomic E-state index is 13.6. The molecule has 2 aromatic carbocycles. The van der Waals surface area contributed by atoms with Gasteiger partial charge in [0.05, 0.1) is 15.2 Å². The molecule has 0 spiro atoms. The van der Waals surface area contributed by atoms with Gasteiger partial charge < -0.3 is 10.1 Å². The molecule has 1 aliphatic heterocycles. The first-order valence-corrected chi connectivity index (χ1v) is 11.8. The molecule has 1 saturated heterocycles. The van der Waals surface area contributed by atoms with Gasteiger partial charge >= 0.3 is 0 Å². The lowest BCUT2D eigenvalue weighted by Gasteiger charge is -2.36. The van der Waals surface area contributed by atoms with E-state index in [-0.39, 0.29) is 11.3 Å². The number of ether oxygens (including phenoxy) is 1. The largest absolute Gasteiger partial charge is 0.457 e. The van der Waals surface area contributed by atoms with Crippen LogP contribution in [0.1, 0.15) is 40.0 Å². The van der Waals surface area contributed by atoms with Gasteiger partial charge in [0.1, 0.15) is 11.5 Å². The van der Waals surface area contributed by atoms with Crippen molar-refractivity contribution in [2.24, 2.45) is 0 Å². The number of hydrogen-bond acceptors (Lipinski definition) is 6. The topological polar surface area (TPSA) is 93.7 Å². The maximum Gasteiger partial charge on any atom is 0.245 e. The zero-order chi connectivity index (χ0) is 22.5. The van der Waals surface area contributed by atoms with Crippen molar-refractivity contribution in [2.45, 2.75) is 55.3 Å². The van der Waals surface area contributed by atoms with E-state index in [0.717, 1.165) is 0 Å². The Morgan fingerprint density at radius 3 is 2.16 bits per heavy atom. The van der Waals surface area contributed by atoms with Crippen LogP contribution in [0.5, 0.6) is 11.5 Å². The Bertz CT molecular complexity index is 977. The molecule has 0 aromatic heterocycles. The number of para-hydroxylation sites is 1. The summed E-state index contributed by atoms with van der Waals surface area (Å²) in [5.74, 6) is 0.772. The van der Waals surface area contributed by atoms with Crippen LogP contribution in [0, 0.1) is 0 Å². The standard InChI is InChI=1S/C23H30N2O5S/c1-22(2,3)30-25-21(26)17-23(13-15-24-16-14-23)31(27,28)20-11-9-19(10-12-20)29-18-7-5-4-6-8-18/h4-12,24H,13-17H2,1-3H3,(H,25,26). The van der Waals surface area contributed by atoms with E-state index < -0.39 is 26.1 Å². The van der Waals surface area contributed by atoms with Crippen LogP contribution in [0.15, 0.2) is 59.5 Å². The summed E-state index contributed by atoms with van der Waals surface area (Å²) in [5, 5.41) is 3.18. The molecule has 0 aliphatic carbocycles. The normalized spacial score (nSPS) is 16.5. The Kier molecular flexibility index (Phi) is 7.03. The first-order chi connectivity index (χ1) is 14.6. The minimum absolute atomic E-state index is 0.157. The highest BCUT2D eigenvalue weighted by molar-refractivity contribution is 7.92. The smallest absolute Gasteiger partial charge is 0.245 e. The van der Waals surface area contributed by atoms with Crippen LogP contribution in [0.3, 0.4) is 0 Å². The highest BCUT2D eigenvalue weighted by atomic mass is 32.2. The van der Waals surface area contributed by atoms with Gasteiger partial charge in [0.25, 0.3) is 0 Å². The van der Waals surface area contributed by atoms with Crippen molar-refractivity contribution in [3.63, 3.8) is 0 Å². The summed E-state index contributed by atoms with van der Waals surface area (Å²) in [7, 11) is -3.77. The number of nitrogens with one attached hydrogen (secondary N) is 2. The van der Waals surface area contributed by atoms with Gasteiger partial charge in [-0.3, -0.25) is 9.63 Å². The molecule has 0 atom stereocenters. The van der Waals surface area contributed by atoms with Crippen molar-refractivity contribution in [1.29, 1.82) is 0 Å². The molecule has 3 rings (SSSR count). The Balaban J connectivity index is 1.80. The predicted octanol–water partition coefficient (Wildman–Crippen LogP) is 3.61. The number of amides is 1. The first-order valence-electron chi connectivity index (χ1n) is 10.4. The second-order valence-corrected chi connectivity index (χ2v) is 11.1. The molecule has 0 bridgehead atoms. The van der Waals surface area contributed by atoms with Gasteiger partial charge in [0.2, 0.25) is 5.91 Å². The van der Waals surface area contributed by atoms with Gasteiger partial charge in [-0.05, 0) is 83.1 Å². The van der Waals surface area contributed by atoms with Gasteiger partial charge in [-0.25, -0.2) is 13.9 Å². The molecule has 1 heterocycles. The van der Waals surface area contributed by atoms with Crippen LogP contribution < -0.4 is 15.5 Å². The number of rotatable bonds is 7. The van der Waals surface area contributed by atoms with Gasteiger partial charge in [0, 0.05) is 6.42 Å². The van der Waals surface area contributed by atoms with E-state index in [1.807, 2.05) is 51.1 Å². The Morgan fingerprint density at radius 2 is 1.58 bits per heavy atom. The van der Waals surface area contributed by atoms with Crippen LogP contribution in [-0.4, -0.2) is 37.8 Å². The highest BCUT2D eigenvalue weighted by Crippen LogP contribution is 2.37. The number of carbonyl (C=O) groups is 1. The number of benzene rings is 2. The minimum atomic E-state index is -3.77. The van der Waals surface area contributed by atoms with Crippen LogP contribution in [0.25, 0.3) is 0 Å². The summed E-state index contributed by atoms with van der Waals surface area (Å²) in [6, 6.07) is 15.6. The van der Waals surface area contributed by atoms with E-state index >= 15 is 0 Å². The van der Waals surface area contributed by atoms with E-state index in [9.17, 15) is 13.2 Å². The van der Waals surface area contributed by atoms with Crippen molar-refractivity contribution < 1.29 is 22.8 Å². The molecule has 2 N–H and O–H groups in total. The van der Waals surface area contributed by atoms with Crippen molar-refractivity contribution in [3.05, 3.63) is 54.6 Å². The molecule has 0 radical (unpaired) electrons. The second kappa shape index (κ2) is 9.38. The van der Waals surface area contributed by atoms with Crippen LogP contribution in [0.4, 0.5) is 0 Å². The zero-order valence-electron chi connectivity index (χ0n) is 18.2. The highest BCUT2D eigenvalue weighted by Gasteiger charge is 2.47. The molecular formula is C23H30N2O5S. The third-order valence-corrected chi connectivity index (χ3v) is 7.74. The molecule has 1 amide bonds. The minimum Gasteiger partial charge on any atom is -0.457 e. The second-order valence-electron chi connectivity index (χ2n) is 8.74. The molecule has 1 fully saturated rings. The molecule has 0 saturated carbocycles. The predicted molar refractivity (Wildman–Crippen MR) is 119 cm³/mol. The monoisotopic (exact) mass is 446 g/mol. The lowest BCUT2D eigenvalue weighted by atomic mass is 9.93. The summed E-state index contributed by atoms with van der Waals surface area (Å²) < 4.78 is 31.8. The maximum absolute atomic E-state index is 13.6. The zero-order valence-corrected chi connectivity index (χ0v) is 19.0. The van der Waals surface area contributed by atoms with E-state index in [1.165, 1.54) is 0 Å². The molecule has 168 valence electrons. The summed E-state index contributed by atoms with van der Waals surface area (Å²) >= 11 is 0. The fourth-order valence-electron chi connectivity index (χ4n) is 3.52. The number of hydroxylamine groups is 1. The Morgan fingerprint density at radius 1 is 1.00 bits per heavy atom. The Hall–Kier alpha value is -2.42. The van der Waals surface area contributed by atoms with Crippen molar-refractivity contribution >= 4 is 15.7 Å². The molecule has 0 unspecified atom stereocenters. The molecule has 8 heteroatoms. The fraction of sp³-hybridized carbons (Fsp3) is 0.435. The van der Waals surface area contributed by atoms with E-state index in [1.54, 1.807) is 24.3 Å². The van der Waals surface area contributed by atoms with E-state index in [2.05, 4.69) is 10.8 Å². The number of hydrogen-bond donors (Lipinski definition) is 2. The van der Waals surface area contributed by atoms with E-state index in [4.69, 9.17) is 9.57 Å². The molecule has 2 aromatic rings. The van der Waals surface area contributed by atoms with Gasteiger partial charge in [0.15, 0.2) is 9.84 Å². The third kappa shape index (κ3) is 5.84. The summed E-state index contributed by atoms with van der Waals surface area (Å²) in [4.78, 5) is 18.1. The number of piperidine rings is 1. The average molecular weight is 447 g/mol. The Labute approximate surface area is 184 Å². The lowest BCUT2D eigenvalue weighted by Crippen LogP contribution is -2.50. The van der Waals surface area contributed by atoms with E-state index in [0.29, 0.717) is 37.4 Å². The molecule has 7 nitrogen and oxygen atoms in total. The lowest BCUT2D eigenvalue weighted by molar-refractivity contribution is -0.146. The number of sulfone groups is 1. The fourth-order valence-corrected chi connectivity index (χ4v) is 5.58. The average Bonchev–Trinajstić information content (AvgIpc) is 2.73. The SMILES string of the molecule is CC(C)(C)ONC(=O)CC1(S(=O)(=O)c2ccc(Oc3ccccc3)cc2)CCNCC1. The third-order valence-electron chi connectivity index (χ3n) is 5.15. The number of carbonyl (C=O) groups excluding carboxylic acids is 1. The summed E-state index contributed by atoms with van der Waals surface area (Å²) in [6.45, 7) is 6.49. The first kappa shape index (κ1) is 23.2. The van der Waals surface area contributed by atoms with Crippen molar-refractivity contribution in [1.82, 2.24) is 10.8 Å².